The van der Waals surface area contributed by atoms with Crippen molar-refractivity contribution >= 4 is 10.0 Å². The molecule has 0 amide bonds. The standard InChI is InChI=1S/C12H15N3O3S/c1-15(9-10-4-3-7-18-10)19(16,17)12-5-2-6-14-11(12)8-13/h2-7H,8-9,13H2,1H3. The number of furan rings is 1. The van der Waals surface area contributed by atoms with Crippen LogP contribution in [0.5, 0.6) is 0 Å². The van der Waals surface area contributed by atoms with E-state index in [1.54, 1.807) is 18.2 Å². The molecule has 19 heavy (non-hydrogen) atoms. The van der Waals surface area contributed by atoms with Gasteiger partial charge in [-0.1, -0.05) is 0 Å². The molecule has 2 N–H and O–H groups in total. The number of rotatable bonds is 5. The Bertz CT molecular complexity index is 638. The van der Waals surface area contributed by atoms with E-state index in [1.165, 1.54) is 29.9 Å². The first-order valence-electron chi connectivity index (χ1n) is 5.68. The predicted molar refractivity (Wildman–Crippen MR) is 69.5 cm³/mol. The van der Waals surface area contributed by atoms with Crippen LogP contribution >= 0.6 is 0 Å². The second-order valence-electron chi connectivity index (χ2n) is 3.99. The fraction of sp³-hybridized carbons (Fsp3) is 0.250. The van der Waals surface area contributed by atoms with Crippen molar-refractivity contribution in [1.29, 1.82) is 0 Å². The van der Waals surface area contributed by atoms with Gasteiger partial charge in [-0.3, -0.25) is 4.98 Å². The van der Waals surface area contributed by atoms with Gasteiger partial charge in [0.1, 0.15) is 10.7 Å². The van der Waals surface area contributed by atoms with Crippen molar-refractivity contribution < 1.29 is 12.8 Å². The molecule has 0 spiro atoms. The van der Waals surface area contributed by atoms with Gasteiger partial charge in [-0.05, 0) is 24.3 Å². The van der Waals surface area contributed by atoms with Gasteiger partial charge in [0, 0.05) is 19.8 Å². The molecule has 0 fully saturated rings. The van der Waals surface area contributed by atoms with E-state index in [-0.39, 0.29) is 18.0 Å². The lowest BCUT2D eigenvalue weighted by molar-refractivity contribution is 0.406. The van der Waals surface area contributed by atoms with Crippen LogP contribution in [0.15, 0.2) is 46.0 Å². The van der Waals surface area contributed by atoms with Crippen LogP contribution in [0.3, 0.4) is 0 Å². The van der Waals surface area contributed by atoms with Gasteiger partial charge < -0.3 is 10.2 Å². The molecule has 0 aliphatic carbocycles. The second kappa shape index (κ2) is 5.52. The molecule has 7 heteroatoms. The normalized spacial score (nSPS) is 11.9. The van der Waals surface area contributed by atoms with E-state index >= 15 is 0 Å². The summed E-state index contributed by atoms with van der Waals surface area (Å²) in [5.41, 5.74) is 5.87. The van der Waals surface area contributed by atoms with Crippen LogP contribution in [0.4, 0.5) is 0 Å². The summed E-state index contributed by atoms with van der Waals surface area (Å²) in [4.78, 5) is 4.12. The quantitative estimate of drug-likeness (QED) is 0.881. The van der Waals surface area contributed by atoms with E-state index in [1.807, 2.05) is 0 Å². The van der Waals surface area contributed by atoms with Gasteiger partial charge in [-0.2, -0.15) is 4.31 Å². The van der Waals surface area contributed by atoms with E-state index in [4.69, 9.17) is 10.2 Å². The zero-order chi connectivity index (χ0) is 13.9. The molecule has 0 aliphatic rings. The molecular formula is C12H15N3O3S. The summed E-state index contributed by atoms with van der Waals surface area (Å²) >= 11 is 0. The van der Waals surface area contributed by atoms with Crippen LogP contribution in [0.1, 0.15) is 11.5 Å². The molecule has 0 aliphatic heterocycles. The second-order valence-corrected chi connectivity index (χ2v) is 6.01. The van der Waals surface area contributed by atoms with Crippen LogP contribution in [0.2, 0.25) is 0 Å². The maximum Gasteiger partial charge on any atom is 0.245 e. The Hall–Kier alpha value is -1.70. The molecule has 0 saturated heterocycles. The number of nitrogens with two attached hydrogens (primary N) is 1. The molecule has 6 nitrogen and oxygen atoms in total. The Balaban J connectivity index is 2.31. The van der Waals surface area contributed by atoms with Gasteiger partial charge in [0.2, 0.25) is 10.0 Å². The highest BCUT2D eigenvalue weighted by molar-refractivity contribution is 7.89. The summed E-state index contributed by atoms with van der Waals surface area (Å²) in [6.45, 7) is 0.234. The van der Waals surface area contributed by atoms with E-state index in [9.17, 15) is 8.42 Å². The van der Waals surface area contributed by atoms with Crippen LogP contribution in [-0.4, -0.2) is 24.8 Å². The third kappa shape index (κ3) is 2.83. The molecule has 0 bridgehead atoms. The third-order valence-corrected chi connectivity index (χ3v) is 4.57. The van der Waals surface area contributed by atoms with Gasteiger partial charge >= 0.3 is 0 Å². The molecule has 2 aromatic heterocycles. The Morgan fingerprint density at radius 2 is 2.16 bits per heavy atom. The van der Waals surface area contributed by atoms with Gasteiger partial charge in [-0.25, -0.2) is 8.42 Å². The first-order valence-corrected chi connectivity index (χ1v) is 7.12. The SMILES string of the molecule is CN(Cc1ccco1)S(=O)(=O)c1cccnc1CN. The Morgan fingerprint density at radius 3 is 2.79 bits per heavy atom. The van der Waals surface area contributed by atoms with E-state index in [0.29, 0.717) is 11.5 Å². The molecule has 2 aromatic rings. The first-order chi connectivity index (χ1) is 9.05. The van der Waals surface area contributed by atoms with Crippen molar-refractivity contribution in [2.45, 2.75) is 18.0 Å². The summed E-state index contributed by atoms with van der Waals surface area (Å²) in [7, 11) is -2.14. The summed E-state index contributed by atoms with van der Waals surface area (Å²) in [5.74, 6) is 0.573. The lowest BCUT2D eigenvalue weighted by atomic mass is 10.3. The van der Waals surface area contributed by atoms with Crippen LogP contribution < -0.4 is 5.73 Å². The highest BCUT2D eigenvalue weighted by atomic mass is 32.2. The van der Waals surface area contributed by atoms with Crippen LogP contribution in [-0.2, 0) is 23.1 Å². The molecule has 2 rings (SSSR count). The number of hydrogen-bond donors (Lipinski definition) is 1. The van der Waals surface area contributed by atoms with Crippen molar-refractivity contribution in [2.24, 2.45) is 5.73 Å². The van der Waals surface area contributed by atoms with Crippen molar-refractivity contribution in [3.8, 4) is 0 Å². The van der Waals surface area contributed by atoms with E-state index in [2.05, 4.69) is 4.98 Å². The smallest absolute Gasteiger partial charge is 0.245 e. The zero-order valence-electron chi connectivity index (χ0n) is 10.5. The topological polar surface area (TPSA) is 89.4 Å². The maximum atomic E-state index is 12.4. The van der Waals surface area contributed by atoms with Crippen molar-refractivity contribution in [1.82, 2.24) is 9.29 Å². The average molecular weight is 281 g/mol. The van der Waals surface area contributed by atoms with Gasteiger partial charge in [-0.15, -0.1) is 0 Å². The summed E-state index contributed by atoms with van der Waals surface area (Å²) in [5, 5.41) is 0. The summed E-state index contributed by atoms with van der Waals surface area (Å²) in [6, 6.07) is 6.51. The van der Waals surface area contributed by atoms with E-state index in [0.717, 1.165) is 0 Å². The number of aromatic nitrogens is 1. The van der Waals surface area contributed by atoms with Gasteiger partial charge in [0.25, 0.3) is 0 Å². The lowest BCUT2D eigenvalue weighted by Gasteiger charge is -2.17. The Kier molecular flexibility index (Phi) is 3.98. The first kappa shape index (κ1) is 13.7. The van der Waals surface area contributed by atoms with Gasteiger partial charge in [0.15, 0.2) is 0 Å². The lowest BCUT2D eigenvalue weighted by Crippen LogP contribution is -2.27. The van der Waals surface area contributed by atoms with Crippen molar-refractivity contribution in [3.63, 3.8) is 0 Å². The third-order valence-electron chi connectivity index (χ3n) is 2.69. The number of nitrogens with zero attached hydrogens (tertiary/aromatic N) is 2. The highest BCUT2D eigenvalue weighted by Gasteiger charge is 2.24. The van der Waals surface area contributed by atoms with Crippen molar-refractivity contribution in [3.05, 3.63) is 48.2 Å². The molecule has 0 saturated carbocycles. The number of hydrogen-bond acceptors (Lipinski definition) is 5. The number of sulfonamides is 1. The highest BCUT2D eigenvalue weighted by Crippen LogP contribution is 2.19. The Labute approximate surface area is 111 Å². The fourth-order valence-corrected chi connectivity index (χ4v) is 3.00. The molecule has 0 radical (unpaired) electrons. The minimum absolute atomic E-state index is 0.0734. The Morgan fingerprint density at radius 1 is 1.37 bits per heavy atom. The predicted octanol–water partition coefficient (Wildman–Crippen LogP) is 0.954. The fourth-order valence-electron chi connectivity index (χ4n) is 1.69. The summed E-state index contributed by atoms with van der Waals surface area (Å²) < 4.78 is 31.2. The van der Waals surface area contributed by atoms with Crippen LogP contribution in [0, 0.1) is 0 Å². The molecule has 0 atom stereocenters. The minimum atomic E-state index is -3.63. The molecule has 2 heterocycles. The molecule has 0 unspecified atom stereocenters. The maximum absolute atomic E-state index is 12.4. The zero-order valence-corrected chi connectivity index (χ0v) is 11.3. The molecule has 0 aromatic carbocycles. The number of pyridine rings is 1. The molecular weight excluding hydrogens is 266 g/mol. The monoisotopic (exact) mass is 281 g/mol. The van der Waals surface area contributed by atoms with Crippen molar-refractivity contribution in [2.75, 3.05) is 7.05 Å². The molecule has 102 valence electrons. The minimum Gasteiger partial charge on any atom is -0.468 e. The van der Waals surface area contributed by atoms with Crippen LogP contribution in [0.25, 0.3) is 0 Å². The van der Waals surface area contributed by atoms with E-state index < -0.39 is 10.0 Å². The average Bonchev–Trinajstić information content (AvgIpc) is 2.91. The van der Waals surface area contributed by atoms with Gasteiger partial charge in [0.05, 0.1) is 18.5 Å². The largest absolute Gasteiger partial charge is 0.468 e. The summed E-state index contributed by atoms with van der Waals surface area (Å²) in [6.07, 6.45) is 3.03.